The predicted octanol–water partition coefficient (Wildman–Crippen LogP) is 3.05. The van der Waals surface area contributed by atoms with Crippen molar-refractivity contribution in [3.05, 3.63) is 39.9 Å². The SMILES string of the molecule is O=C(NCC[C@H](O)c1cccs1)Nc1cccs1. The quantitative estimate of drug-likeness (QED) is 0.789. The van der Waals surface area contributed by atoms with E-state index in [2.05, 4.69) is 10.6 Å². The van der Waals surface area contributed by atoms with Gasteiger partial charge in [0.15, 0.2) is 0 Å². The van der Waals surface area contributed by atoms with E-state index in [-0.39, 0.29) is 6.03 Å². The number of rotatable bonds is 5. The lowest BCUT2D eigenvalue weighted by atomic mass is 10.2. The lowest BCUT2D eigenvalue weighted by molar-refractivity contribution is 0.171. The van der Waals surface area contributed by atoms with Gasteiger partial charge < -0.3 is 10.4 Å². The van der Waals surface area contributed by atoms with Crippen molar-refractivity contribution in [3.63, 3.8) is 0 Å². The lowest BCUT2D eigenvalue weighted by Crippen LogP contribution is -2.29. The number of hydrogen-bond acceptors (Lipinski definition) is 4. The summed E-state index contributed by atoms with van der Waals surface area (Å²) in [5, 5.41) is 19.9. The third-order valence-corrected chi connectivity index (χ3v) is 4.09. The zero-order valence-electron chi connectivity index (χ0n) is 9.63. The zero-order valence-corrected chi connectivity index (χ0v) is 11.3. The standard InChI is InChI=1S/C12H14N2O2S2/c15-9(10-3-1-7-17-10)5-6-13-12(16)14-11-4-2-8-18-11/h1-4,7-9,15H,5-6H2,(H2,13,14,16)/t9-/m0/s1. The third kappa shape index (κ3) is 3.83. The molecule has 2 heterocycles. The lowest BCUT2D eigenvalue weighted by Gasteiger charge is -2.09. The number of carbonyl (C=O) groups is 1. The van der Waals surface area contributed by atoms with Gasteiger partial charge in [0.25, 0.3) is 0 Å². The second-order valence-corrected chi connectivity index (χ2v) is 5.61. The van der Waals surface area contributed by atoms with E-state index in [1.165, 1.54) is 22.7 Å². The average Bonchev–Trinajstić information content (AvgIpc) is 3.00. The van der Waals surface area contributed by atoms with Crippen LogP contribution in [0.4, 0.5) is 9.80 Å². The first-order chi connectivity index (χ1) is 8.75. The molecular weight excluding hydrogens is 268 g/mol. The molecule has 6 heteroatoms. The second-order valence-electron chi connectivity index (χ2n) is 3.68. The van der Waals surface area contributed by atoms with Crippen LogP contribution in [0.2, 0.25) is 0 Å². The summed E-state index contributed by atoms with van der Waals surface area (Å²) in [6, 6.07) is 7.27. The minimum absolute atomic E-state index is 0.240. The number of hydrogen-bond donors (Lipinski definition) is 3. The molecule has 2 amide bonds. The van der Waals surface area contributed by atoms with Crippen LogP contribution in [0.3, 0.4) is 0 Å². The summed E-state index contributed by atoms with van der Waals surface area (Å²) in [5.74, 6) is 0. The Morgan fingerprint density at radius 2 is 2.06 bits per heavy atom. The van der Waals surface area contributed by atoms with Gasteiger partial charge in [0, 0.05) is 11.4 Å². The molecular formula is C12H14N2O2S2. The predicted molar refractivity (Wildman–Crippen MR) is 75.2 cm³/mol. The van der Waals surface area contributed by atoms with Crippen LogP contribution in [0.5, 0.6) is 0 Å². The fraction of sp³-hybridized carbons (Fsp3) is 0.250. The molecule has 4 nitrogen and oxygen atoms in total. The molecule has 0 aliphatic carbocycles. The topological polar surface area (TPSA) is 61.4 Å². The van der Waals surface area contributed by atoms with Crippen molar-refractivity contribution in [2.45, 2.75) is 12.5 Å². The summed E-state index contributed by atoms with van der Waals surface area (Å²) in [6.45, 7) is 0.441. The first kappa shape index (κ1) is 13.1. The van der Waals surface area contributed by atoms with Crippen LogP contribution in [0.25, 0.3) is 0 Å². The normalized spacial score (nSPS) is 12.1. The van der Waals surface area contributed by atoms with Crippen LogP contribution in [-0.2, 0) is 0 Å². The van der Waals surface area contributed by atoms with E-state index in [0.717, 1.165) is 9.88 Å². The molecule has 0 aromatic carbocycles. The van der Waals surface area contributed by atoms with Crippen molar-refractivity contribution in [1.29, 1.82) is 0 Å². The summed E-state index contributed by atoms with van der Waals surface area (Å²) in [4.78, 5) is 12.4. The number of carbonyl (C=O) groups excluding carboxylic acids is 1. The maximum atomic E-state index is 11.5. The highest BCUT2D eigenvalue weighted by Crippen LogP contribution is 2.21. The highest BCUT2D eigenvalue weighted by molar-refractivity contribution is 7.14. The highest BCUT2D eigenvalue weighted by atomic mass is 32.1. The molecule has 0 fully saturated rings. The number of aliphatic hydroxyl groups excluding tert-OH is 1. The van der Waals surface area contributed by atoms with Gasteiger partial charge >= 0.3 is 6.03 Å². The Morgan fingerprint density at radius 3 is 2.72 bits per heavy atom. The number of anilines is 1. The monoisotopic (exact) mass is 282 g/mol. The van der Waals surface area contributed by atoms with E-state index in [1.54, 1.807) is 0 Å². The summed E-state index contributed by atoms with van der Waals surface area (Å²) in [7, 11) is 0. The minimum atomic E-state index is -0.507. The van der Waals surface area contributed by atoms with Gasteiger partial charge in [0.1, 0.15) is 0 Å². The van der Waals surface area contributed by atoms with Gasteiger partial charge in [0.05, 0.1) is 11.1 Å². The van der Waals surface area contributed by atoms with Crippen LogP contribution < -0.4 is 10.6 Å². The molecule has 0 unspecified atom stereocenters. The molecule has 0 radical (unpaired) electrons. The molecule has 0 spiro atoms. The number of amides is 2. The van der Waals surface area contributed by atoms with Crippen LogP contribution in [0, 0.1) is 0 Å². The molecule has 1 atom stereocenters. The van der Waals surface area contributed by atoms with E-state index >= 15 is 0 Å². The molecule has 18 heavy (non-hydrogen) atoms. The summed E-state index contributed by atoms with van der Waals surface area (Å²) >= 11 is 2.99. The smallest absolute Gasteiger partial charge is 0.319 e. The number of aliphatic hydroxyl groups is 1. The molecule has 2 rings (SSSR count). The molecule has 96 valence electrons. The van der Waals surface area contributed by atoms with E-state index < -0.39 is 6.10 Å². The van der Waals surface area contributed by atoms with Crippen molar-refractivity contribution in [1.82, 2.24) is 5.32 Å². The molecule has 0 aliphatic rings. The molecule has 2 aromatic rings. The van der Waals surface area contributed by atoms with Gasteiger partial charge in [-0.1, -0.05) is 6.07 Å². The van der Waals surface area contributed by atoms with E-state index in [0.29, 0.717) is 13.0 Å². The van der Waals surface area contributed by atoms with Gasteiger partial charge in [-0.15, -0.1) is 22.7 Å². The Hall–Kier alpha value is -1.37. The van der Waals surface area contributed by atoms with Crippen LogP contribution in [0.15, 0.2) is 35.0 Å². The van der Waals surface area contributed by atoms with Crippen molar-refractivity contribution >= 4 is 33.7 Å². The maximum absolute atomic E-state index is 11.5. The Kier molecular flexibility index (Phi) is 4.74. The van der Waals surface area contributed by atoms with E-state index in [1.807, 2.05) is 35.0 Å². The highest BCUT2D eigenvalue weighted by Gasteiger charge is 2.09. The number of thiophene rings is 2. The van der Waals surface area contributed by atoms with Gasteiger partial charge in [-0.25, -0.2) is 4.79 Å². The van der Waals surface area contributed by atoms with Crippen molar-refractivity contribution in [2.75, 3.05) is 11.9 Å². The van der Waals surface area contributed by atoms with Crippen molar-refractivity contribution in [2.24, 2.45) is 0 Å². The summed E-state index contributed by atoms with van der Waals surface area (Å²) in [6.07, 6.45) is 0.00490. The van der Waals surface area contributed by atoms with Crippen molar-refractivity contribution in [3.8, 4) is 0 Å². The first-order valence-electron chi connectivity index (χ1n) is 5.55. The zero-order chi connectivity index (χ0) is 12.8. The third-order valence-electron chi connectivity index (χ3n) is 2.33. The molecule has 0 saturated carbocycles. The molecule has 0 bridgehead atoms. The average molecular weight is 282 g/mol. The minimum Gasteiger partial charge on any atom is -0.388 e. The van der Waals surface area contributed by atoms with Crippen LogP contribution in [-0.4, -0.2) is 17.7 Å². The summed E-state index contributed by atoms with van der Waals surface area (Å²) < 4.78 is 0. The van der Waals surface area contributed by atoms with Gasteiger partial charge in [-0.05, 0) is 35.4 Å². The van der Waals surface area contributed by atoms with Crippen molar-refractivity contribution < 1.29 is 9.90 Å². The Morgan fingerprint density at radius 1 is 1.28 bits per heavy atom. The fourth-order valence-corrected chi connectivity index (χ4v) is 2.81. The molecule has 0 saturated heterocycles. The molecule has 3 N–H and O–H groups in total. The number of nitrogens with one attached hydrogen (secondary N) is 2. The van der Waals surface area contributed by atoms with Gasteiger partial charge in [-0.2, -0.15) is 0 Å². The van der Waals surface area contributed by atoms with E-state index in [4.69, 9.17) is 0 Å². The second kappa shape index (κ2) is 6.53. The van der Waals surface area contributed by atoms with Gasteiger partial charge in [0.2, 0.25) is 0 Å². The van der Waals surface area contributed by atoms with Crippen LogP contribution in [0.1, 0.15) is 17.4 Å². The fourth-order valence-electron chi connectivity index (χ4n) is 1.45. The molecule has 2 aromatic heterocycles. The number of urea groups is 1. The van der Waals surface area contributed by atoms with Gasteiger partial charge in [-0.3, -0.25) is 5.32 Å². The van der Waals surface area contributed by atoms with Crippen LogP contribution >= 0.6 is 22.7 Å². The first-order valence-corrected chi connectivity index (χ1v) is 7.31. The summed E-state index contributed by atoms with van der Waals surface area (Å²) in [5.41, 5.74) is 0. The Labute approximate surface area is 113 Å². The maximum Gasteiger partial charge on any atom is 0.319 e. The molecule has 0 aliphatic heterocycles. The Bertz CT molecular complexity index is 468. The Balaban J connectivity index is 1.67. The van der Waals surface area contributed by atoms with E-state index in [9.17, 15) is 9.90 Å². The largest absolute Gasteiger partial charge is 0.388 e.